The molecule has 1 atom stereocenters. The summed E-state index contributed by atoms with van der Waals surface area (Å²) in [6.45, 7) is 5.81. The number of carbonyl (C=O) groups is 4. The van der Waals surface area contributed by atoms with Gasteiger partial charge in [0.2, 0.25) is 17.7 Å². The molecule has 0 saturated carbocycles. The van der Waals surface area contributed by atoms with Crippen molar-refractivity contribution in [3.05, 3.63) is 24.3 Å². The van der Waals surface area contributed by atoms with Crippen LogP contribution < -0.4 is 10.2 Å². The number of rotatable bonds is 12. The van der Waals surface area contributed by atoms with Crippen LogP contribution in [0.5, 0.6) is 11.8 Å². The lowest BCUT2D eigenvalue weighted by molar-refractivity contribution is -0.146. The van der Waals surface area contributed by atoms with Crippen LogP contribution in [0.15, 0.2) is 24.3 Å². The van der Waals surface area contributed by atoms with Crippen LogP contribution in [0, 0.1) is 0 Å². The molecule has 32 heavy (non-hydrogen) atoms. The maximum absolute atomic E-state index is 12.2. The van der Waals surface area contributed by atoms with Crippen molar-refractivity contribution in [2.75, 3.05) is 13.2 Å². The Hall–Kier alpha value is -3.34. The zero-order chi connectivity index (χ0) is 23.9. The molecule has 11 nitrogen and oxygen atoms in total. The maximum atomic E-state index is 12.2. The predicted molar refractivity (Wildman–Crippen MR) is 111 cm³/mol. The quantitative estimate of drug-likeness (QED) is 0.392. The second kappa shape index (κ2) is 10.8. The third-order valence-corrected chi connectivity index (χ3v) is 4.82. The van der Waals surface area contributed by atoms with Crippen LogP contribution in [0.25, 0.3) is 0 Å². The van der Waals surface area contributed by atoms with Crippen LogP contribution in [-0.4, -0.2) is 68.3 Å². The van der Waals surface area contributed by atoms with E-state index in [1.54, 1.807) is 6.92 Å². The average molecular weight is 451 g/mol. The Morgan fingerprint density at radius 1 is 1.09 bits per heavy atom. The summed E-state index contributed by atoms with van der Waals surface area (Å²) in [5, 5.41) is 21.8. The van der Waals surface area contributed by atoms with Gasteiger partial charge in [-0.3, -0.25) is 19.3 Å². The number of hydrogen-bond acceptors (Lipinski definition) is 8. The van der Waals surface area contributed by atoms with Gasteiger partial charge in [0.1, 0.15) is 0 Å². The Labute approximate surface area is 185 Å². The second-order valence-electron chi connectivity index (χ2n) is 8.12. The fourth-order valence-electron chi connectivity index (χ4n) is 2.93. The van der Waals surface area contributed by atoms with Gasteiger partial charge in [-0.15, -0.1) is 4.73 Å². The van der Waals surface area contributed by atoms with Gasteiger partial charge in [0.15, 0.2) is 0 Å². The Morgan fingerprint density at radius 2 is 1.69 bits per heavy atom. The molecular formula is C21H29N3O8. The fraction of sp³-hybridized carbons (Fsp3) is 0.524. The van der Waals surface area contributed by atoms with Crippen molar-refractivity contribution in [2.24, 2.45) is 0 Å². The highest BCUT2D eigenvalue weighted by molar-refractivity contribution is 6.13. The monoisotopic (exact) mass is 451 g/mol. The minimum atomic E-state index is -0.639. The lowest BCUT2D eigenvalue weighted by Crippen LogP contribution is -2.45. The van der Waals surface area contributed by atoms with Gasteiger partial charge in [0.25, 0.3) is 11.8 Å². The second-order valence-corrected chi connectivity index (χ2v) is 8.12. The van der Waals surface area contributed by atoms with E-state index in [0.717, 1.165) is 4.90 Å². The van der Waals surface area contributed by atoms with E-state index in [1.807, 2.05) is 13.8 Å². The van der Waals surface area contributed by atoms with Crippen LogP contribution in [0.2, 0.25) is 0 Å². The van der Waals surface area contributed by atoms with Crippen molar-refractivity contribution >= 4 is 23.7 Å². The summed E-state index contributed by atoms with van der Waals surface area (Å²) in [6, 6.07) is 2.38. The summed E-state index contributed by atoms with van der Waals surface area (Å²) in [5.41, 5.74) is -0.573. The molecule has 11 heteroatoms. The van der Waals surface area contributed by atoms with Crippen LogP contribution in [0.4, 0.5) is 0 Å². The number of hydrogen-bond donors (Lipinski definition) is 3. The van der Waals surface area contributed by atoms with E-state index in [9.17, 15) is 29.4 Å². The lowest BCUT2D eigenvalue weighted by Gasteiger charge is -2.27. The Balaban J connectivity index is 1.63. The molecule has 1 unspecified atom stereocenters. The number of carbonyl (C=O) groups excluding carboxylic acids is 4. The topological polar surface area (TPSA) is 147 Å². The van der Waals surface area contributed by atoms with Crippen LogP contribution in [0.1, 0.15) is 46.5 Å². The third-order valence-electron chi connectivity index (χ3n) is 4.82. The first-order valence-corrected chi connectivity index (χ1v) is 10.3. The van der Waals surface area contributed by atoms with Gasteiger partial charge in [-0.1, -0.05) is 0 Å². The molecule has 3 amide bonds. The number of amides is 3. The number of nitrogens with zero attached hydrogens (tertiary/aromatic N) is 2. The Morgan fingerprint density at radius 3 is 2.28 bits per heavy atom. The molecule has 1 aromatic rings. The van der Waals surface area contributed by atoms with Crippen LogP contribution >= 0.6 is 0 Å². The number of imide groups is 1. The highest BCUT2D eigenvalue weighted by Crippen LogP contribution is 2.19. The van der Waals surface area contributed by atoms with E-state index in [-0.39, 0.29) is 43.2 Å². The first-order valence-electron chi connectivity index (χ1n) is 10.3. The van der Waals surface area contributed by atoms with Gasteiger partial charge in [0.05, 0.1) is 12.5 Å². The molecule has 2 rings (SSSR count). The summed E-state index contributed by atoms with van der Waals surface area (Å²) in [4.78, 5) is 52.9. The molecule has 0 radical (unpaired) electrons. The van der Waals surface area contributed by atoms with Crippen molar-refractivity contribution in [1.29, 1.82) is 0 Å². The maximum Gasteiger partial charge on any atom is 0.333 e. The molecule has 0 fully saturated rings. The Kier molecular flexibility index (Phi) is 8.41. The van der Waals surface area contributed by atoms with E-state index in [4.69, 9.17) is 9.57 Å². The van der Waals surface area contributed by atoms with Crippen LogP contribution in [-0.2, 0) is 23.9 Å². The van der Waals surface area contributed by atoms with Gasteiger partial charge in [-0.2, -0.15) is 0 Å². The molecule has 0 aliphatic carbocycles. The molecule has 3 N–H and O–H groups in total. The Bertz CT molecular complexity index is 852. The minimum absolute atomic E-state index is 0.00840. The highest BCUT2D eigenvalue weighted by atomic mass is 16.7. The number of aromatic hydroxyl groups is 2. The van der Waals surface area contributed by atoms with E-state index in [1.165, 1.54) is 24.3 Å². The van der Waals surface area contributed by atoms with Crippen LogP contribution in [0.3, 0.4) is 0 Å². The van der Waals surface area contributed by atoms with E-state index < -0.39 is 23.3 Å². The van der Waals surface area contributed by atoms with Gasteiger partial charge < -0.3 is 25.1 Å². The number of nitrogens with one attached hydrogen (secondary N) is 1. The first-order chi connectivity index (χ1) is 15.0. The summed E-state index contributed by atoms with van der Waals surface area (Å²) < 4.78 is 6.32. The van der Waals surface area contributed by atoms with Crippen molar-refractivity contribution in [2.45, 2.75) is 58.1 Å². The molecule has 0 bridgehead atoms. The van der Waals surface area contributed by atoms with E-state index in [0.29, 0.717) is 24.2 Å². The first kappa shape index (κ1) is 24.9. The number of aromatic nitrogens is 1. The third kappa shape index (κ3) is 7.41. The van der Waals surface area contributed by atoms with Crippen molar-refractivity contribution in [1.82, 2.24) is 14.9 Å². The molecule has 0 aromatic carbocycles. The molecule has 2 heterocycles. The standard InChI is InChI=1S/C21H29N3O8/c1-14(4-9-20(30)32-24-18(28)7-8-19(24)29)31-13-11-21(2,3)22-15(25)10-12-23-16(26)5-6-17(23)27/h5-8,14,28-29H,4,9-13H2,1-3H3,(H,22,25). The summed E-state index contributed by atoms with van der Waals surface area (Å²) in [5.74, 6) is -2.54. The summed E-state index contributed by atoms with van der Waals surface area (Å²) in [7, 11) is 0. The lowest BCUT2D eigenvalue weighted by atomic mass is 10.0. The van der Waals surface area contributed by atoms with Gasteiger partial charge in [-0.05, 0) is 33.6 Å². The minimum Gasteiger partial charge on any atom is -0.492 e. The SMILES string of the molecule is CC(CCC(=O)On1c(O)ccc1O)OCCC(C)(C)NC(=O)CCN1C(=O)C=CC1=O. The van der Waals surface area contributed by atoms with E-state index >= 15 is 0 Å². The van der Waals surface area contributed by atoms with E-state index in [2.05, 4.69) is 5.32 Å². The molecule has 1 aliphatic heterocycles. The highest BCUT2D eigenvalue weighted by Gasteiger charge is 2.25. The molecule has 1 aromatic heterocycles. The van der Waals surface area contributed by atoms with Crippen molar-refractivity contribution < 1.29 is 39.0 Å². The van der Waals surface area contributed by atoms with Gasteiger partial charge in [0, 0.05) is 49.4 Å². The van der Waals surface area contributed by atoms with Gasteiger partial charge in [-0.25, -0.2) is 4.79 Å². The normalized spacial score (nSPS) is 14.7. The largest absolute Gasteiger partial charge is 0.492 e. The van der Waals surface area contributed by atoms with Gasteiger partial charge >= 0.3 is 5.97 Å². The number of ether oxygens (including phenoxy) is 1. The average Bonchev–Trinajstić information content (AvgIpc) is 3.19. The molecule has 176 valence electrons. The zero-order valence-electron chi connectivity index (χ0n) is 18.4. The predicted octanol–water partition coefficient (Wildman–Crippen LogP) is 0.640. The summed E-state index contributed by atoms with van der Waals surface area (Å²) >= 11 is 0. The molecule has 1 aliphatic rings. The molecule has 0 spiro atoms. The fourth-order valence-corrected chi connectivity index (χ4v) is 2.93. The van der Waals surface area contributed by atoms with Crippen molar-refractivity contribution in [3.8, 4) is 11.8 Å². The smallest absolute Gasteiger partial charge is 0.333 e. The molecular weight excluding hydrogens is 422 g/mol. The zero-order valence-corrected chi connectivity index (χ0v) is 18.4. The van der Waals surface area contributed by atoms with Crippen molar-refractivity contribution in [3.63, 3.8) is 0 Å². The summed E-state index contributed by atoms with van der Waals surface area (Å²) in [6.07, 6.45) is 2.98. The molecule has 0 saturated heterocycles.